The van der Waals surface area contributed by atoms with E-state index in [1.807, 2.05) is 12.1 Å². The van der Waals surface area contributed by atoms with Crippen molar-refractivity contribution >= 4 is 44.4 Å². The Labute approximate surface area is 287 Å². The fourth-order valence-electron chi connectivity index (χ4n) is 2.78. The van der Waals surface area contributed by atoms with Gasteiger partial charge in [0, 0.05) is 10.8 Å². The number of para-hydroxylation sites is 1. The normalized spacial score (nSPS) is 10.1. The van der Waals surface area contributed by atoms with E-state index in [-0.39, 0.29) is 91.4 Å². The van der Waals surface area contributed by atoms with Crippen LogP contribution in [0.15, 0.2) is 82.8 Å². The summed E-state index contributed by atoms with van der Waals surface area (Å²) in [6.07, 6.45) is 0. The summed E-state index contributed by atoms with van der Waals surface area (Å²) < 4.78 is 45.4. The van der Waals surface area contributed by atoms with Gasteiger partial charge in [0.25, 0.3) is 0 Å². The number of tetrazole rings is 1. The molecule has 15 heteroatoms. The summed E-state index contributed by atoms with van der Waals surface area (Å²) in [6, 6.07) is 20.7. The van der Waals surface area contributed by atoms with Gasteiger partial charge in [0.15, 0.2) is 6.73 Å². The van der Waals surface area contributed by atoms with Crippen molar-refractivity contribution in [3.63, 3.8) is 0 Å². The van der Waals surface area contributed by atoms with Crippen molar-refractivity contribution in [3.8, 4) is 17.2 Å². The minimum absolute atomic E-state index is 0. The quantitative estimate of drug-likeness (QED) is 0.105. The SMILES string of the molecule is COc1ccc(C[Se])cc1.O=S(=O)([O-])c1ccccc1OCNc1cccc(-n2nnnc2[S-])c1.[Au+].[K+]. The topological polar surface area (TPSA) is 131 Å². The molecule has 4 rings (SSSR count). The first kappa shape index (κ1) is 34.2. The van der Waals surface area contributed by atoms with E-state index in [1.165, 1.54) is 28.4 Å². The number of aromatic nitrogens is 4. The fourth-order valence-corrected chi connectivity index (χ4v) is 3.98. The molecule has 0 spiro atoms. The minimum atomic E-state index is -4.61. The molecular formula is C22H20AuKN5O5S2Se. The molecule has 0 aliphatic heterocycles. The number of benzene rings is 3. The molecule has 1 N–H and O–H groups in total. The van der Waals surface area contributed by atoms with Crippen LogP contribution < -0.4 is 66.2 Å². The molecular weight excluding hydrogens is 793 g/mol. The van der Waals surface area contributed by atoms with E-state index in [0.29, 0.717) is 11.4 Å². The predicted molar refractivity (Wildman–Crippen MR) is 131 cm³/mol. The van der Waals surface area contributed by atoms with Crippen LogP contribution in [0.3, 0.4) is 0 Å². The minimum Gasteiger partial charge on any atom is -0.744 e. The molecule has 1 radical (unpaired) electrons. The van der Waals surface area contributed by atoms with Crippen molar-refractivity contribution in [1.82, 2.24) is 20.2 Å². The number of hydrogen-bond donors (Lipinski definition) is 1. The summed E-state index contributed by atoms with van der Waals surface area (Å²) in [5.74, 6) is 0.895. The van der Waals surface area contributed by atoms with E-state index in [1.54, 1.807) is 37.4 Å². The van der Waals surface area contributed by atoms with E-state index in [2.05, 4.69) is 49.0 Å². The third kappa shape index (κ3) is 10.7. The molecule has 0 atom stereocenters. The van der Waals surface area contributed by atoms with Crippen LogP contribution in [-0.2, 0) is 50.4 Å². The molecule has 0 fully saturated rings. The Morgan fingerprint density at radius 1 is 1.08 bits per heavy atom. The molecule has 0 aliphatic carbocycles. The van der Waals surface area contributed by atoms with Gasteiger partial charge >= 0.3 is 143 Å². The zero-order valence-corrected chi connectivity index (χ0v) is 28.3. The molecule has 1 aromatic heterocycles. The van der Waals surface area contributed by atoms with Gasteiger partial charge in [-0.25, -0.2) is 13.1 Å². The van der Waals surface area contributed by atoms with E-state index >= 15 is 0 Å². The maximum absolute atomic E-state index is 11.2. The van der Waals surface area contributed by atoms with Gasteiger partial charge in [-0.05, 0) is 40.8 Å². The molecule has 4 aromatic rings. The molecule has 10 nitrogen and oxygen atoms in total. The van der Waals surface area contributed by atoms with Crippen molar-refractivity contribution in [2.24, 2.45) is 0 Å². The van der Waals surface area contributed by atoms with Crippen LogP contribution in [0, 0.1) is 0 Å². The number of ether oxygens (including phenoxy) is 2. The average Bonchev–Trinajstić information content (AvgIpc) is 3.30. The van der Waals surface area contributed by atoms with Crippen molar-refractivity contribution in [3.05, 3.63) is 78.4 Å². The second kappa shape index (κ2) is 17.0. The summed E-state index contributed by atoms with van der Waals surface area (Å²) >= 11 is 7.96. The van der Waals surface area contributed by atoms with Crippen LogP contribution in [0.4, 0.5) is 5.69 Å². The molecule has 37 heavy (non-hydrogen) atoms. The smallest absolute Gasteiger partial charge is 0.744 e. The number of anilines is 1. The summed E-state index contributed by atoms with van der Waals surface area (Å²) in [5, 5.41) is 15.1. The summed E-state index contributed by atoms with van der Waals surface area (Å²) in [4.78, 5) is -0.407. The number of nitrogens with one attached hydrogen (secondary N) is 1. The van der Waals surface area contributed by atoms with Gasteiger partial charge in [0.1, 0.15) is 15.9 Å². The Morgan fingerprint density at radius 2 is 1.78 bits per heavy atom. The zero-order chi connectivity index (χ0) is 25.3. The molecule has 193 valence electrons. The van der Waals surface area contributed by atoms with Gasteiger partial charge in [-0.3, -0.25) is 0 Å². The first-order chi connectivity index (χ1) is 16.8. The largest absolute Gasteiger partial charge is 1.00 e. The Morgan fingerprint density at radius 3 is 2.38 bits per heavy atom. The first-order valence-corrected chi connectivity index (χ1v) is 13.0. The summed E-state index contributed by atoms with van der Waals surface area (Å²) in [5.41, 5.74) is 2.62. The average molecular weight is 814 g/mol. The third-order valence-electron chi connectivity index (χ3n) is 4.48. The Balaban J connectivity index is 0.000000485. The maximum Gasteiger partial charge on any atom is 1.00 e. The monoisotopic (exact) mass is 814 g/mol. The molecule has 1 heterocycles. The van der Waals surface area contributed by atoms with Crippen LogP contribution in [0.1, 0.15) is 5.56 Å². The number of hydrogen-bond acceptors (Lipinski definition) is 10. The van der Waals surface area contributed by atoms with Crippen LogP contribution in [0.2, 0.25) is 0 Å². The first-order valence-electron chi connectivity index (χ1n) is 10.0. The van der Waals surface area contributed by atoms with Crippen molar-refractivity contribution in [1.29, 1.82) is 0 Å². The second-order valence-electron chi connectivity index (χ2n) is 6.78. The van der Waals surface area contributed by atoms with Crippen molar-refractivity contribution in [2.75, 3.05) is 19.2 Å². The predicted octanol–water partition coefficient (Wildman–Crippen LogP) is -0.714. The summed E-state index contributed by atoms with van der Waals surface area (Å²) in [6.45, 7) is -0.0493. The molecule has 3 aromatic carbocycles. The standard InChI is InChI=1S/C14H13N5O4S2.C8H9OSe.Au.K/c20-25(21,22)13-7-2-1-6-12(13)23-9-15-10-4-3-5-11(8-10)19-14(24)16-17-18-19;1-9-8-4-2-7(6-10)3-5-8;;/h1-8,15H,9H2,(H,16,18,24)(H,20,21,22);2-5H,6H2,1H3;;/q;;2*+1/p-2. The molecule has 0 amide bonds. The Bertz CT molecular complexity index is 1340. The Hall–Kier alpha value is -0.844. The third-order valence-corrected chi connectivity index (χ3v) is 6.31. The van der Waals surface area contributed by atoms with Crippen LogP contribution in [0.25, 0.3) is 5.69 Å². The maximum atomic E-state index is 11.2. The van der Waals surface area contributed by atoms with Crippen LogP contribution in [-0.4, -0.2) is 63.0 Å². The number of nitrogens with zero attached hydrogens (tertiary/aromatic N) is 4. The van der Waals surface area contributed by atoms with E-state index in [9.17, 15) is 13.0 Å². The molecule has 0 unspecified atom stereocenters. The van der Waals surface area contributed by atoms with E-state index in [4.69, 9.17) is 22.1 Å². The molecule has 0 saturated heterocycles. The second-order valence-corrected chi connectivity index (χ2v) is 9.10. The van der Waals surface area contributed by atoms with E-state index < -0.39 is 15.0 Å². The van der Waals surface area contributed by atoms with Crippen molar-refractivity contribution in [2.45, 2.75) is 15.4 Å². The van der Waals surface area contributed by atoms with Gasteiger partial charge in [-0.2, -0.15) is 0 Å². The van der Waals surface area contributed by atoms with Crippen LogP contribution >= 0.6 is 0 Å². The van der Waals surface area contributed by atoms with Gasteiger partial charge < -0.3 is 27.2 Å². The Kier molecular flexibility index (Phi) is 15.7. The number of methoxy groups -OCH3 is 1. The van der Waals surface area contributed by atoms with Crippen molar-refractivity contribution < 1.29 is 96.2 Å². The molecule has 0 aliphatic rings. The molecule has 0 bridgehead atoms. The van der Waals surface area contributed by atoms with Gasteiger partial charge in [-0.1, -0.05) is 18.2 Å². The van der Waals surface area contributed by atoms with Gasteiger partial charge in [0.05, 0.1) is 10.6 Å². The van der Waals surface area contributed by atoms with Gasteiger partial charge in [0.2, 0.25) is 0 Å². The zero-order valence-electron chi connectivity index (χ0n) is 19.7. The van der Waals surface area contributed by atoms with Gasteiger partial charge in [-0.15, -0.1) is 5.10 Å². The van der Waals surface area contributed by atoms with E-state index in [0.717, 1.165) is 11.1 Å². The fraction of sp³-hybridized carbons (Fsp3) is 0.136. The van der Waals surface area contributed by atoms with Crippen LogP contribution in [0.5, 0.6) is 11.5 Å². The number of rotatable bonds is 8. The summed E-state index contributed by atoms with van der Waals surface area (Å²) in [7, 11) is -2.94. The molecule has 0 saturated carbocycles.